The third-order valence-corrected chi connectivity index (χ3v) is 7.33. The zero-order valence-corrected chi connectivity index (χ0v) is 16.7. The van der Waals surface area contributed by atoms with E-state index in [1.54, 1.807) is 30.3 Å². The maximum atomic E-state index is 12.6. The summed E-state index contributed by atoms with van der Waals surface area (Å²) in [6, 6.07) is 14.3. The van der Waals surface area contributed by atoms with Crippen molar-refractivity contribution >= 4 is 33.4 Å². The van der Waals surface area contributed by atoms with Gasteiger partial charge < -0.3 is 4.74 Å². The highest BCUT2D eigenvalue weighted by molar-refractivity contribution is 8.00. The summed E-state index contributed by atoms with van der Waals surface area (Å²) in [5, 5.41) is 1.22. The molecule has 0 saturated carbocycles. The number of nitrogens with one attached hydrogen (secondary N) is 1. The standard InChI is InChI=1S/C19H22ClNO3S2/c20-17-6-4-15(5-7-17)16-2-1-3-19(14-16)26(22,23)21-10-13-25-18-8-11-24-12-9-18/h1-7,14,18,21H,8-13H2. The Morgan fingerprint density at radius 1 is 1.08 bits per heavy atom. The van der Waals surface area contributed by atoms with E-state index in [0.29, 0.717) is 16.8 Å². The zero-order valence-electron chi connectivity index (χ0n) is 14.4. The molecule has 0 spiro atoms. The van der Waals surface area contributed by atoms with E-state index in [1.165, 1.54) is 0 Å². The van der Waals surface area contributed by atoms with E-state index in [4.69, 9.17) is 16.3 Å². The Morgan fingerprint density at radius 3 is 2.54 bits per heavy atom. The molecular formula is C19H22ClNO3S2. The molecule has 1 saturated heterocycles. The van der Waals surface area contributed by atoms with Crippen LogP contribution in [0, 0.1) is 0 Å². The van der Waals surface area contributed by atoms with Gasteiger partial charge in [-0.2, -0.15) is 11.8 Å². The summed E-state index contributed by atoms with van der Waals surface area (Å²) in [4.78, 5) is 0.279. The molecule has 0 amide bonds. The average molecular weight is 412 g/mol. The molecule has 0 bridgehead atoms. The van der Waals surface area contributed by atoms with E-state index >= 15 is 0 Å². The molecule has 1 aliphatic rings. The molecule has 2 aromatic carbocycles. The molecule has 4 nitrogen and oxygen atoms in total. The highest BCUT2D eigenvalue weighted by Crippen LogP contribution is 2.24. The summed E-state index contributed by atoms with van der Waals surface area (Å²) in [5.41, 5.74) is 1.78. The van der Waals surface area contributed by atoms with E-state index in [1.807, 2.05) is 30.0 Å². The number of halogens is 1. The van der Waals surface area contributed by atoms with Crippen LogP contribution in [0.4, 0.5) is 0 Å². The van der Waals surface area contributed by atoms with Crippen molar-refractivity contribution in [1.82, 2.24) is 4.72 Å². The number of hydrogen-bond acceptors (Lipinski definition) is 4. The predicted octanol–water partition coefficient (Wildman–Crippen LogP) is 4.20. The van der Waals surface area contributed by atoms with Crippen LogP contribution in [0.2, 0.25) is 5.02 Å². The van der Waals surface area contributed by atoms with Crippen LogP contribution in [-0.2, 0) is 14.8 Å². The Balaban J connectivity index is 1.59. The highest BCUT2D eigenvalue weighted by atomic mass is 35.5. The summed E-state index contributed by atoms with van der Waals surface area (Å²) in [7, 11) is -3.52. The third kappa shape index (κ3) is 5.47. The van der Waals surface area contributed by atoms with Gasteiger partial charge in [0, 0.05) is 35.8 Å². The Morgan fingerprint density at radius 2 is 1.81 bits per heavy atom. The Kier molecular flexibility index (Phi) is 7.00. The van der Waals surface area contributed by atoms with Gasteiger partial charge in [0.25, 0.3) is 0 Å². The SMILES string of the molecule is O=S(=O)(NCCSC1CCOCC1)c1cccc(-c2ccc(Cl)cc2)c1. The summed E-state index contributed by atoms with van der Waals surface area (Å²) >= 11 is 7.73. The van der Waals surface area contributed by atoms with Crippen molar-refractivity contribution in [2.75, 3.05) is 25.5 Å². The molecule has 1 N–H and O–H groups in total. The van der Waals surface area contributed by atoms with Gasteiger partial charge in [-0.3, -0.25) is 0 Å². The lowest BCUT2D eigenvalue weighted by atomic mass is 10.1. The number of sulfonamides is 1. The van der Waals surface area contributed by atoms with Crippen LogP contribution in [0.15, 0.2) is 53.4 Å². The van der Waals surface area contributed by atoms with Gasteiger partial charge in [0.05, 0.1) is 4.90 Å². The van der Waals surface area contributed by atoms with Crippen molar-refractivity contribution in [3.8, 4) is 11.1 Å². The van der Waals surface area contributed by atoms with Gasteiger partial charge in [-0.15, -0.1) is 0 Å². The van der Waals surface area contributed by atoms with Crippen LogP contribution in [0.5, 0.6) is 0 Å². The molecular weight excluding hydrogens is 390 g/mol. The maximum Gasteiger partial charge on any atom is 0.240 e. The fraction of sp³-hybridized carbons (Fsp3) is 0.368. The molecule has 3 rings (SSSR count). The summed E-state index contributed by atoms with van der Waals surface area (Å²) in [6.07, 6.45) is 2.08. The van der Waals surface area contributed by atoms with Crippen molar-refractivity contribution in [1.29, 1.82) is 0 Å². The molecule has 26 heavy (non-hydrogen) atoms. The van der Waals surface area contributed by atoms with Gasteiger partial charge in [-0.1, -0.05) is 35.9 Å². The summed E-state index contributed by atoms with van der Waals surface area (Å²) < 4.78 is 33.2. The van der Waals surface area contributed by atoms with Gasteiger partial charge >= 0.3 is 0 Å². The van der Waals surface area contributed by atoms with Gasteiger partial charge in [-0.25, -0.2) is 13.1 Å². The maximum absolute atomic E-state index is 12.6. The van der Waals surface area contributed by atoms with Crippen molar-refractivity contribution < 1.29 is 13.2 Å². The zero-order chi connectivity index (χ0) is 18.4. The van der Waals surface area contributed by atoms with Crippen LogP contribution in [0.25, 0.3) is 11.1 Å². The van der Waals surface area contributed by atoms with Crippen LogP contribution in [-0.4, -0.2) is 39.2 Å². The minimum Gasteiger partial charge on any atom is -0.381 e. The minimum absolute atomic E-state index is 0.279. The number of rotatable bonds is 7. The van der Waals surface area contributed by atoms with E-state index in [2.05, 4.69) is 4.72 Å². The number of hydrogen-bond donors (Lipinski definition) is 1. The smallest absolute Gasteiger partial charge is 0.240 e. The van der Waals surface area contributed by atoms with Crippen molar-refractivity contribution in [2.45, 2.75) is 23.0 Å². The van der Waals surface area contributed by atoms with E-state index < -0.39 is 10.0 Å². The van der Waals surface area contributed by atoms with Gasteiger partial charge in [0.15, 0.2) is 0 Å². The summed E-state index contributed by atoms with van der Waals surface area (Å²) in [6.45, 7) is 2.04. The first-order chi connectivity index (χ1) is 12.5. The van der Waals surface area contributed by atoms with Crippen LogP contribution in [0.1, 0.15) is 12.8 Å². The largest absolute Gasteiger partial charge is 0.381 e. The fourth-order valence-corrected chi connectivity index (χ4v) is 5.22. The molecule has 7 heteroatoms. The monoisotopic (exact) mass is 411 g/mol. The van der Waals surface area contributed by atoms with Gasteiger partial charge in [0.2, 0.25) is 10.0 Å². The quantitative estimate of drug-likeness (QED) is 0.694. The molecule has 1 fully saturated rings. The first-order valence-electron chi connectivity index (χ1n) is 8.60. The third-order valence-electron chi connectivity index (χ3n) is 4.24. The second-order valence-corrected chi connectivity index (χ2v) is 9.73. The second kappa shape index (κ2) is 9.24. The Hall–Kier alpha value is -1.05. The predicted molar refractivity (Wildman–Crippen MR) is 108 cm³/mol. The first kappa shape index (κ1) is 19.7. The van der Waals surface area contributed by atoms with E-state index in [-0.39, 0.29) is 4.90 Å². The fourth-order valence-electron chi connectivity index (χ4n) is 2.81. The van der Waals surface area contributed by atoms with Gasteiger partial charge in [-0.05, 0) is 48.2 Å². The average Bonchev–Trinajstić information content (AvgIpc) is 2.67. The van der Waals surface area contributed by atoms with Crippen molar-refractivity contribution in [3.63, 3.8) is 0 Å². The lowest BCUT2D eigenvalue weighted by Gasteiger charge is -2.21. The molecule has 0 unspecified atom stereocenters. The second-order valence-electron chi connectivity index (χ2n) is 6.12. The van der Waals surface area contributed by atoms with Gasteiger partial charge in [0.1, 0.15) is 0 Å². The minimum atomic E-state index is -3.52. The summed E-state index contributed by atoms with van der Waals surface area (Å²) in [5.74, 6) is 0.765. The normalized spacial score (nSPS) is 15.9. The molecule has 140 valence electrons. The first-order valence-corrected chi connectivity index (χ1v) is 11.5. The Labute approximate surface area is 164 Å². The lowest BCUT2D eigenvalue weighted by molar-refractivity contribution is 0.100. The van der Waals surface area contributed by atoms with E-state index in [0.717, 1.165) is 42.9 Å². The number of thioether (sulfide) groups is 1. The van der Waals surface area contributed by atoms with Crippen molar-refractivity contribution in [3.05, 3.63) is 53.6 Å². The van der Waals surface area contributed by atoms with Crippen molar-refractivity contribution in [2.24, 2.45) is 0 Å². The number of ether oxygens (including phenoxy) is 1. The van der Waals surface area contributed by atoms with Crippen LogP contribution >= 0.6 is 23.4 Å². The Bertz CT molecular complexity index is 819. The molecule has 0 atom stereocenters. The lowest BCUT2D eigenvalue weighted by Crippen LogP contribution is -2.27. The number of benzene rings is 2. The molecule has 1 heterocycles. The molecule has 0 aromatic heterocycles. The topological polar surface area (TPSA) is 55.4 Å². The molecule has 1 aliphatic heterocycles. The molecule has 0 aliphatic carbocycles. The molecule has 2 aromatic rings. The van der Waals surface area contributed by atoms with E-state index in [9.17, 15) is 8.42 Å². The highest BCUT2D eigenvalue weighted by Gasteiger charge is 2.16. The van der Waals surface area contributed by atoms with Crippen LogP contribution < -0.4 is 4.72 Å². The molecule has 0 radical (unpaired) electrons. The van der Waals surface area contributed by atoms with Crippen LogP contribution in [0.3, 0.4) is 0 Å².